The van der Waals surface area contributed by atoms with Gasteiger partial charge in [0.05, 0.1) is 36.2 Å². The van der Waals surface area contributed by atoms with Crippen LogP contribution in [-0.2, 0) is 28.8 Å². The van der Waals surface area contributed by atoms with E-state index < -0.39 is 31.9 Å². The molecule has 0 N–H and O–H groups in total. The second-order valence-corrected chi connectivity index (χ2v) is 8.28. The monoisotopic (exact) mass is 306 g/mol. The third-order valence-electron chi connectivity index (χ3n) is 4.22. The molecule has 0 amide bonds. The smallest absolute Gasteiger partial charge is 0.306 e. The van der Waals surface area contributed by atoms with E-state index in [1.807, 2.05) is 0 Å². The van der Waals surface area contributed by atoms with Gasteiger partial charge in [0.15, 0.2) is 9.84 Å². The number of hydrogen-bond acceptors (Lipinski definition) is 6. The highest BCUT2D eigenvalue weighted by atomic mass is 32.2. The Kier molecular flexibility index (Phi) is 4.71. The molecule has 7 heteroatoms. The van der Waals surface area contributed by atoms with Crippen molar-refractivity contribution < 1.29 is 27.4 Å². The zero-order valence-electron chi connectivity index (χ0n) is 12.0. The Hall–Kier alpha value is -0.660. The highest BCUT2D eigenvalue weighted by Gasteiger charge is 2.46. The second-order valence-electron chi connectivity index (χ2n) is 5.63. The minimum atomic E-state index is -3.37. The molecule has 0 aromatic heterocycles. The number of rotatable bonds is 4. The molecule has 1 spiro atoms. The summed E-state index contributed by atoms with van der Waals surface area (Å²) in [6, 6.07) is 0. The standard InChI is InChI=1S/C13H22O6S/c1-10(7-12(14)17-2)20(15,16)11-3-5-19-13(8-11)4-6-18-9-13/h10-11H,3-9H2,1-2H3. The van der Waals surface area contributed by atoms with Gasteiger partial charge in [0.2, 0.25) is 0 Å². The average molecular weight is 306 g/mol. The van der Waals surface area contributed by atoms with E-state index in [9.17, 15) is 13.2 Å². The van der Waals surface area contributed by atoms with Gasteiger partial charge < -0.3 is 14.2 Å². The summed E-state index contributed by atoms with van der Waals surface area (Å²) in [5, 5.41) is -1.19. The van der Waals surface area contributed by atoms with Gasteiger partial charge in [-0.3, -0.25) is 4.79 Å². The van der Waals surface area contributed by atoms with Crippen LogP contribution < -0.4 is 0 Å². The van der Waals surface area contributed by atoms with Gasteiger partial charge in [-0.1, -0.05) is 0 Å². The molecule has 0 aromatic carbocycles. The Morgan fingerprint density at radius 3 is 2.80 bits per heavy atom. The van der Waals surface area contributed by atoms with Crippen LogP contribution in [-0.4, -0.2) is 57.4 Å². The third kappa shape index (κ3) is 3.15. The Morgan fingerprint density at radius 1 is 1.45 bits per heavy atom. The average Bonchev–Trinajstić information content (AvgIpc) is 2.86. The summed E-state index contributed by atoms with van der Waals surface area (Å²) < 4.78 is 40.8. The lowest BCUT2D eigenvalue weighted by Crippen LogP contribution is -2.47. The van der Waals surface area contributed by atoms with Crippen LogP contribution in [0.5, 0.6) is 0 Å². The largest absolute Gasteiger partial charge is 0.469 e. The topological polar surface area (TPSA) is 78.9 Å². The van der Waals surface area contributed by atoms with Gasteiger partial charge in [-0.15, -0.1) is 0 Å². The van der Waals surface area contributed by atoms with E-state index in [2.05, 4.69) is 4.74 Å². The van der Waals surface area contributed by atoms with Crippen molar-refractivity contribution in [2.75, 3.05) is 26.9 Å². The van der Waals surface area contributed by atoms with Crippen molar-refractivity contribution in [3.05, 3.63) is 0 Å². The zero-order chi connectivity index (χ0) is 14.8. The van der Waals surface area contributed by atoms with Crippen molar-refractivity contribution in [3.8, 4) is 0 Å². The SMILES string of the molecule is COC(=O)CC(C)S(=O)(=O)C1CCOC2(CCOC2)C1. The highest BCUT2D eigenvalue weighted by molar-refractivity contribution is 7.92. The molecule has 20 heavy (non-hydrogen) atoms. The number of ether oxygens (including phenoxy) is 3. The molecule has 0 saturated carbocycles. The molecule has 3 atom stereocenters. The molecule has 0 aliphatic carbocycles. The molecule has 0 bridgehead atoms. The molecule has 116 valence electrons. The molecule has 6 nitrogen and oxygen atoms in total. The molecular weight excluding hydrogens is 284 g/mol. The van der Waals surface area contributed by atoms with Crippen molar-refractivity contribution in [2.24, 2.45) is 0 Å². The highest BCUT2D eigenvalue weighted by Crippen LogP contribution is 2.36. The lowest BCUT2D eigenvalue weighted by Gasteiger charge is -2.37. The van der Waals surface area contributed by atoms with Crippen molar-refractivity contribution >= 4 is 15.8 Å². The first kappa shape index (κ1) is 15.7. The summed E-state index contributed by atoms with van der Waals surface area (Å²) in [5.41, 5.74) is -0.443. The molecule has 2 fully saturated rings. The fourth-order valence-corrected chi connectivity index (χ4v) is 4.88. The molecule has 0 radical (unpaired) electrons. The maximum absolute atomic E-state index is 12.6. The Balaban J connectivity index is 2.06. The van der Waals surface area contributed by atoms with E-state index in [1.54, 1.807) is 6.92 Å². The Morgan fingerprint density at radius 2 is 2.20 bits per heavy atom. The van der Waals surface area contributed by atoms with Crippen molar-refractivity contribution in [2.45, 2.75) is 48.7 Å². The van der Waals surface area contributed by atoms with Crippen molar-refractivity contribution in [1.29, 1.82) is 0 Å². The third-order valence-corrected chi connectivity index (χ3v) is 6.84. The predicted octanol–water partition coefficient (Wildman–Crippen LogP) is 0.691. The van der Waals surface area contributed by atoms with Gasteiger partial charge in [0.1, 0.15) is 0 Å². The van der Waals surface area contributed by atoms with Gasteiger partial charge >= 0.3 is 5.97 Å². The summed E-state index contributed by atoms with van der Waals surface area (Å²) in [4.78, 5) is 11.3. The summed E-state index contributed by atoms with van der Waals surface area (Å²) in [6.07, 6.45) is 1.58. The first-order chi connectivity index (χ1) is 9.39. The van der Waals surface area contributed by atoms with Crippen LogP contribution >= 0.6 is 0 Å². The number of methoxy groups -OCH3 is 1. The van der Waals surface area contributed by atoms with Gasteiger partial charge in [-0.25, -0.2) is 8.42 Å². The lowest BCUT2D eigenvalue weighted by atomic mass is 9.93. The van der Waals surface area contributed by atoms with Crippen LogP contribution in [0.1, 0.15) is 32.6 Å². The summed E-state index contributed by atoms with van der Waals surface area (Å²) in [6.45, 7) is 3.08. The van der Waals surface area contributed by atoms with Crippen LogP contribution in [0.4, 0.5) is 0 Å². The van der Waals surface area contributed by atoms with E-state index in [1.165, 1.54) is 7.11 Å². The fourth-order valence-electron chi connectivity index (χ4n) is 2.89. The number of esters is 1. The van der Waals surface area contributed by atoms with Gasteiger partial charge in [0.25, 0.3) is 0 Å². The number of carbonyl (C=O) groups excluding carboxylic acids is 1. The first-order valence-electron chi connectivity index (χ1n) is 6.91. The molecular formula is C13H22O6S. The predicted molar refractivity (Wildman–Crippen MR) is 72.2 cm³/mol. The van der Waals surface area contributed by atoms with Gasteiger partial charge in [0, 0.05) is 19.6 Å². The molecule has 0 aromatic rings. The van der Waals surface area contributed by atoms with E-state index >= 15 is 0 Å². The molecule has 3 unspecified atom stereocenters. The van der Waals surface area contributed by atoms with E-state index in [-0.39, 0.29) is 6.42 Å². The normalized spacial score (nSPS) is 32.2. The number of hydrogen-bond donors (Lipinski definition) is 0. The molecule has 2 aliphatic rings. The maximum atomic E-state index is 12.6. The number of sulfone groups is 1. The van der Waals surface area contributed by atoms with E-state index in [4.69, 9.17) is 9.47 Å². The van der Waals surface area contributed by atoms with Crippen LogP contribution in [0, 0.1) is 0 Å². The quantitative estimate of drug-likeness (QED) is 0.711. The second kappa shape index (κ2) is 5.99. The molecule has 2 rings (SSSR count). The van der Waals surface area contributed by atoms with Crippen molar-refractivity contribution in [1.82, 2.24) is 0 Å². The molecule has 2 heterocycles. The van der Waals surface area contributed by atoms with Gasteiger partial charge in [-0.05, 0) is 19.8 Å². The van der Waals surface area contributed by atoms with Crippen LogP contribution in [0.3, 0.4) is 0 Å². The van der Waals surface area contributed by atoms with Crippen LogP contribution in [0.25, 0.3) is 0 Å². The minimum Gasteiger partial charge on any atom is -0.469 e. The van der Waals surface area contributed by atoms with E-state index in [0.717, 1.165) is 6.42 Å². The Labute approximate surface area is 119 Å². The van der Waals surface area contributed by atoms with Crippen molar-refractivity contribution in [3.63, 3.8) is 0 Å². The lowest BCUT2D eigenvalue weighted by molar-refractivity contribution is -0.140. The Bertz CT molecular complexity index is 451. The number of carbonyl (C=O) groups is 1. The van der Waals surface area contributed by atoms with Crippen LogP contribution in [0.2, 0.25) is 0 Å². The minimum absolute atomic E-state index is 0.0975. The summed E-state index contributed by atoms with van der Waals surface area (Å²) in [5.74, 6) is -0.493. The zero-order valence-corrected chi connectivity index (χ0v) is 12.8. The molecule has 2 aliphatic heterocycles. The van der Waals surface area contributed by atoms with E-state index in [0.29, 0.717) is 32.7 Å². The van der Waals surface area contributed by atoms with Crippen LogP contribution in [0.15, 0.2) is 0 Å². The molecule has 2 saturated heterocycles. The van der Waals surface area contributed by atoms with Gasteiger partial charge in [-0.2, -0.15) is 0 Å². The summed E-state index contributed by atoms with van der Waals surface area (Å²) in [7, 11) is -2.10. The summed E-state index contributed by atoms with van der Waals surface area (Å²) >= 11 is 0. The maximum Gasteiger partial charge on any atom is 0.306 e. The first-order valence-corrected chi connectivity index (χ1v) is 8.52. The fraction of sp³-hybridized carbons (Fsp3) is 0.923.